The summed E-state index contributed by atoms with van der Waals surface area (Å²) in [5, 5.41) is 20.3. The molecular weight excluding hydrogens is 274 g/mol. The molecule has 2 N–H and O–H groups in total. The van der Waals surface area contributed by atoms with Crippen LogP contribution < -0.4 is 10.6 Å². The van der Waals surface area contributed by atoms with E-state index in [1.807, 2.05) is 0 Å². The molecule has 0 spiro atoms. The number of nitrogens with one attached hydrogen (secondary N) is 2. The number of nitro groups is 1. The Morgan fingerprint density at radius 1 is 1.48 bits per heavy atom. The largest absolute Gasteiger partial charge is 0.383 e. The van der Waals surface area contributed by atoms with Gasteiger partial charge in [0.25, 0.3) is 11.6 Å². The minimum absolute atomic E-state index is 0.0682. The van der Waals surface area contributed by atoms with Crippen LogP contribution in [-0.2, 0) is 13.6 Å². The van der Waals surface area contributed by atoms with Crippen molar-refractivity contribution in [3.05, 3.63) is 51.8 Å². The molecule has 0 unspecified atom stereocenters. The highest BCUT2D eigenvalue weighted by molar-refractivity contribution is 5.95. The van der Waals surface area contributed by atoms with Gasteiger partial charge in [0.2, 0.25) is 0 Å². The lowest BCUT2D eigenvalue weighted by Gasteiger charge is -2.06. The molecule has 0 fully saturated rings. The van der Waals surface area contributed by atoms with Crippen LogP contribution in [0.25, 0.3) is 0 Å². The molecule has 0 saturated carbocycles. The number of amides is 1. The van der Waals surface area contributed by atoms with Crippen molar-refractivity contribution in [1.82, 2.24) is 15.1 Å². The molecule has 0 aliphatic carbocycles. The number of carbonyl (C=O) groups excluding carboxylic acids is 1. The number of carbonyl (C=O) groups is 1. The molecule has 0 atom stereocenters. The van der Waals surface area contributed by atoms with Crippen molar-refractivity contribution in [2.75, 3.05) is 12.4 Å². The average molecular weight is 289 g/mol. The molecule has 1 heterocycles. The summed E-state index contributed by atoms with van der Waals surface area (Å²) in [5.41, 5.74) is 1.46. The van der Waals surface area contributed by atoms with Crippen LogP contribution in [0.1, 0.15) is 15.9 Å². The molecule has 1 aromatic heterocycles. The fourth-order valence-corrected chi connectivity index (χ4v) is 1.88. The van der Waals surface area contributed by atoms with Crippen molar-refractivity contribution in [3.8, 4) is 0 Å². The van der Waals surface area contributed by atoms with Crippen molar-refractivity contribution in [1.29, 1.82) is 0 Å². The van der Waals surface area contributed by atoms with Crippen LogP contribution in [-0.4, -0.2) is 27.7 Å². The van der Waals surface area contributed by atoms with Gasteiger partial charge in [-0.2, -0.15) is 5.10 Å². The van der Waals surface area contributed by atoms with E-state index >= 15 is 0 Å². The zero-order chi connectivity index (χ0) is 15.4. The summed E-state index contributed by atoms with van der Waals surface area (Å²) in [6.45, 7) is 0.346. The smallest absolute Gasteiger partial charge is 0.292 e. The van der Waals surface area contributed by atoms with Crippen molar-refractivity contribution >= 4 is 17.3 Å². The fourth-order valence-electron chi connectivity index (χ4n) is 1.88. The second kappa shape index (κ2) is 6.04. The van der Waals surface area contributed by atoms with E-state index in [2.05, 4.69) is 15.7 Å². The predicted molar refractivity (Wildman–Crippen MR) is 77.0 cm³/mol. The van der Waals surface area contributed by atoms with Gasteiger partial charge in [0, 0.05) is 44.0 Å². The lowest BCUT2D eigenvalue weighted by atomic mass is 10.1. The van der Waals surface area contributed by atoms with E-state index in [0.717, 1.165) is 5.56 Å². The lowest BCUT2D eigenvalue weighted by Crippen LogP contribution is -2.22. The molecule has 0 aliphatic rings. The maximum absolute atomic E-state index is 12.0. The van der Waals surface area contributed by atoms with Gasteiger partial charge in [-0.05, 0) is 12.1 Å². The summed E-state index contributed by atoms with van der Waals surface area (Å²) in [5.74, 6) is -0.301. The van der Waals surface area contributed by atoms with Crippen LogP contribution in [0.15, 0.2) is 30.6 Å². The van der Waals surface area contributed by atoms with E-state index in [1.54, 1.807) is 31.2 Å². The number of nitrogens with zero attached hydrogens (tertiary/aromatic N) is 3. The molecule has 8 heteroatoms. The third-order valence-electron chi connectivity index (χ3n) is 2.94. The zero-order valence-electron chi connectivity index (χ0n) is 11.7. The van der Waals surface area contributed by atoms with Gasteiger partial charge in [-0.25, -0.2) is 0 Å². The van der Waals surface area contributed by atoms with Gasteiger partial charge >= 0.3 is 0 Å². The minimum atomic E-state index is -0.497. The fraction of sp³-hybridized carbons (Fsp3) is 0.231. The monoisotopic (exact) mass is 289 g/mol. The highest BCUT2D eigenvalue weighted by Gasteiger charge is 2.15. The molecule has 1 aromatic carbocycles. The maximum atomic E-state index is 12.0. The lowest BCUT2D eigenvalue weighted by molar-refractivity contribution is -0.383. The zero-order valence-corrected chi connectivity index (χ0v) is 11.7. The Morgan fingerprint density at radius 2 is 2.24 bits per heavy atom. The SMILES string of the molecule is CNc1cc(C(=O)NCc2cnn(C)c2)ccc1[N+](=O)[O-]. The number of aryl methyl sites for hydroxylation is 1. The molecule has 2 aromatic rings. The standard InChI is InChI=1S/C13H15N5O3/c1-14-11-5-10(3-4-12(11)18(20)21)13(19)15-6-9-7-16-17(2)8-9/h3-5,7-8,14H,6H2,1-2H3,(H,15,19). The predicted octanol–water partition coefficient (Wildman–Crippen LogP) is 1.30. The Morgan fingerprint density at radius 3 is 2.81 bits per heavy atom. The van der Waals surface area contributed by atoms with Crippen molar-refractivity contribution < 1.29 is 9.72 Å². The maximum Gasteiger partial charge on any atom is 0.292 e. The molecule has 2 rings (SSSR count). The Kier molecular flexibility index (Phi) is 4.17. The van der Waals surface area contributed by atoms with Crippen molar-refractivity contribution in [2.45, 2.75) is 6.54 Å². The molecule has 0 radical (unpaired) electrons. The molecule has 21 heavy (non-hydrogen) atoms. The Hall–Kier alpha value is -2.90. The Bertz CT molecular complexity index is 680. The summed E-state index contributed by atoms with van der Waals surface area (Å²) in [6.07, 6.45) is 3.46. The molecule has 1 amide bonds. The number of hydrogen-bond acceptors (Lipinski definition) is 5. The molecule has 110 valence electrons. The van der Waals surface area contributed by atoms with Gasteiger partial charge in [0.05, 0.1) is 11.1 Å². The van der Waals surface area contributed by atoms with Crippen LogP contribution in [0.3, 0.4) is 0 Å². The van der Waals surface area contributed by atoms with Crippen molar-refractivity contribution in [2.24, 2.45) is 7.05 Å². The van der Waals surface area contributed by atoms with Crippen LogP contribution in [0, 0.1) is 10.1 Å². The van der Waals surface area contributed by atoms with Gasteiger partial charge in [-0.15, -0.1) is 0 Å². The molecule has 0 saturated heterocycles. The third kappa shape index (κ3) is 3.35. The number of aromatic nitrogens is 2. The van der Waals surface area contributed by atoms with Gasteiger partial charge in [-0.1, -0.05) is 0 Å². The first-order valence-electron chi connectivity index (χ1n) is 6.23. The number of nitro benzene ring substituents is 1. The van der Waals surface area contributed by atoms with Gasteiger partial charge in [0.15, 0.2) is 0 Å². The molecule has 0 aliphatic heterocycles. The average Bonchev–Trinajstić information content (AvgIpc) is 2.89. The number of hydrogen-bond donors (Lipinski definition) is 2. The third-order valence-corrected chi connectivity index (χ3v) is 2.94. The quantitative estimate of drug-likeness (QED) is 0.638. The highest BCUT2D eigenvalue weighted by atomic mass is 16.6. The van der Waals surface area contributed by atoms with E-state index < -0.39 is 4.92 Å². The van der Waals surface area contributed by atoms with Crippen LogP contribution in [0.2, 0.25) is 0 Å². The van der Waals surface area contributed by atoms with E-state index in [1.165, 1.54) is 18.2 Å². The minimum Gasteiger partial charge on any atom is -0.383 e. The summed E-state index contributed by atoms with van der Waals surface area (Å²) in [4.78, 5) is 22.4. The van der Waals surface area contributed by atoms with E-state index in [9.17, 15) is 14.9 Å². The van der Waals surface area contributed by atoms with Crippen LogP contribution in [0.4, 0.5) is 11.4 Å². The molecule has 0 bridgehead atoms. The Labute approximate surface area is 120 Å². The van der Waals surface area contributed by atoms with Crippen LogP contribution in [0.5, 0.6) is 0 Å². The Balaban J connectivity index is 2.10. The number of benzene rings is 1. The topological polar surface area (TPSA) is 102 Å². The normalized spacial score (nSPS) is 10.2. The molecule has 8 nitrogen and oxygen atoms in total. The number of rotatable bonds is 5. The van der Waals surface area contributed by atoms with Crippen molar-refractivity contribution in [3.63, 3.8) is 0 Å². The number of anilines is 1. The second-order valence-corrected chi connectivity index (χ2v) is 4.44. The van der Waals surface area contributed by atoms with E-state index in [-0.39, 0.29) is 11.6 Å². The van der Waals surface area contributed by atoms with Crippen LogP contribution >= 0.6 is 0 Å². The highest BCUT2D eigenvalue weighted by Crippen LogP contribution is 2.24. The van der Waals surface area contributed by atoms with Gasteiger partial charge in [-0.3, -0.25) is 19.6 Å². The van der Waals surface area contributed by atoms with E-state index in [0.29, 0.717) is 17.8 Å². The molecular formula is C13H15N5O3. The summed E-state index contributed by atoms with van der Waals surface area (Å²) in [7, 11) is 3.36. The van der Waals surface area contributed by atoms with Gasteiger partial charge < -0.3 is 10.6 Å². The van der Waals surface area contributed by atoms with Gasteiger partial charge in [0.1, 0.15) is 5.69 Å². The first-order valence-corrected chi connectivity index (χ1v) is 6.23. The van der Waals surface area contributed by atoms with E-state index in [4.69, 9.17) is 0 Å². The first kappa shape index (κ1) is 14.5. The summed E-state index contributed by atoms with van der Waals surface area (Å²) >= 11 is 0. The second-order valence-electron chi connectivity index (χ2n) is 4.44. The summed E-state index contributed by atoms with van der Waals surface area (Å²) < 4.78 is 1.65. The first-order chi connectivity index (χ1) is 10.0. The summed E-state index contributed by atoms with van der Waals surface area (Å²) in [6, 6.07) is 4.19.